The fourth-order valence-electron chi connectivity index (χ4n) is 3.65. The van der Waals surface area contributed by atoms with Gasteiger partial charge in [0.05, 0.1) is 23.7 Å². The highest BCUT2D eigenvalue weighted by molar-refractivity contribution is 7.98. The normalized spacial score (nSPS) is 13.1. The molecule has 3 aromatic rings. The topological polar surface area (TPSA) is 86.8 Å². The van der Waals surface area contributed by atoms with Gasteiger partial charge in [-0.25, -0.2) is 0 Å². The number of aliphatic hydroxyl groups excluding tert-OH is 2. The zero-order valence-corrected chi connectivity index (χ0v) is 20.3. The number of nitrogens with zero attached hydrogens (tertiary/aromatic N) is 2. The Morgan fingerprint density at radius 2 is 1.30 bits per heavy atom. The van der Waals surface area contributed by atoms with Crippen molar-refractivity contribution in [2.45, 2.75) is 35.0 Å². The van der Waals surface area contributed by atoms with Crippen molar-refractivity contribution in [3.05, 3.63) is 99.6 Å². The molecule has 0 aromatic heterocycles. The molecule has 33 heavy (non-hydrogen) atoms. The molecule has 0 aliphatic rings. The first kappa shape index (κ1) is 25.3. The van der Waals surface area contributed by atoms with E-state index >= 15 is 0 Å². The Bertz CT molecular complexity index is 978. The summed E-state index contributed by atoms with van der Waals surface area (Å²) >= 11 is 3.35. The third kappa shape index (κ3) is 6.82. The number of hydrogen-bond acceptors (Lipinski definition) is 7. The van der Waals surface area contributed by atoms with Crippen molar-refractivity contribution >= 4 is 29.2 Å². The summed E-state index contributed by atoms with van der Waals surface area (Å²) in [4.78, 5) is 14.9. The van der Waals surface area contributed by atoms with Crippen molar-refractivity contribution < 1.29 is 15.1 Å². The van der Waals surface area contributed by atoms with Crippen LogP contribution in [0.2, 0.25) is 0 Å². The highest BCUT2D eigenvalue weighted by atomic mass is 32.2. The van der Waals surface area contributed by atoms with Crippen LogP contribution in [-0.4, -0.2) is 45.2 Å². The van der Waals surface area contributed by atoms with Crippen molar-refractivity contribution in [3.8, 4) is 0 Å². The van der Waals surface area contributed by atoms with Gasteiger partial charge in [-0.05, 0) is 65.6 Å². The van der Waals surface area contributed by atoms with Crippen LogP contribution in [0.4, 0.5) is 5.69 Å². The summed E-state index contributed by atoms with van der Waals surface area (Å²) in [6, 6.07) is 21.7. The Kier molecular flexibility index (Phi) is 9.34. The first-order valence-corrected chi connectivity index (χ1v) is 12.9. The van der Waals surface area contributed by atoms with Crippen LogP contribution < -0.4 is 0 Å². The third-order valence-electron chi connectivity index (χ3n) is 5.56. The monoisotopic (exact) mass is 484 g/mol. The molecular weight excluding hydrogens is 456 g/mol. The van der Waals surface area contributed by atoms with Crippen LogP contribution in [0.25, 0.3) is 0 Å². The van der Waals surface area contributed by atoms with Crippen molar-refractivity contribution in [3.63, 3.8) is 0 Å². The number of hydrogen-bond donors (Lipinski definition) is 2. The van der Waals surface area contributed by atoms with Crippen LogP contribution in [0.5, 0.6) is 0 Å². The van der Waals surface area contributed by atoms with Gasteiger partial charge >= 0.3 is 0 Å². The lowest BCUT2D eigenvalue weighted by atomic mass is 9.99. The molecular formula is C25H28N2O4S2. The molecule has 0 saturated carbocycles. The van der Waals surface area contributed by atoms with E-state index in [4.69, 9.17) is 0 Å². The van der Waals surface area contributed by atoms with E-state index in [1.807, 2.05) is 17.4 Å². The molecule has 0 heterocycles. The fourth-order valence-corrected chi connectivity index (χ4v) is 4.47. The average molecular weight is 485 g/mol. The van der Waals surface area contributed by atoms with Gasteiger partial charge < -0.3 is 10.2 Å². The zero-order chi connectivity index (χ0) is 23.8. The molecule has 0 aliphatic heterocycles. The van der Waals surface area contributed by atoms with E-state index in [0.717, 1.165) is 11.1 Å². The van der Waals surface area contributed by atoms with Gasteiger partial charge in [-0.3, -0.25) is 15.0 Å². The van der Waals surface area contributed by atoms with Gasteiger partial charge in [0.2, 0.25) is 0 Å². The van der Waals surface area contributed by atoms with Gasteiger partial charge in [0, 0.05) is 35.0 Å². The second-order valence-electron chi connectivity index (χ2n) is 7.64. The van der Waals surface area contributed by atoms with Crippen molar-refractivity contribution in [2.24, 2.45) is 0 Å². The van der Waals surface area contributed by atoms with Crippen LogP contribution >= 0.6 is 23.5 Å². The predicted molar refractivity (Wildman–Crippen MR) is 135 cm³/mol. The zero-order valence-electron chi connectivity index (χ0n) is 18.6. The van der Waals surface area contributed by atoms with Gasteiger partial charge in [0.15, 0.2) is 0 Å². The maximum Gasteiger partial charge on any atom is 0.269 e. The minimum absolute atomic E-state index is 0.0360. The summed E-state index contributed by atoms with van der Waals surface area (Å²) in [5.41, 5.74) is 2.64. The Morgan fingerprint density at radius 3 is 1.67 bits per heavy atom. The lowest BCUT2D eigenvalue weighted by Gasteiger charge is -2.34. The van der Waals surface area contributed by atoms with Gasteiger partial charge in [0.1, 0.15) is 0 Å². The number of nitro benzene ring substituents is 1. The van der Waals surface area contributed by atoms with Crippen molar-refractivity contribution in [1.29, 1.82) is 0 Å². The highest BCUT2D eigenvalue weighted by Gasteiger charge is 2.27. The molecule has 0 amide bonds. The Hall–Kier alpha value is -2.36. The SMILES string of the molecule is CSc1ccc(CN(Cc2ccc(SC)cc2)[C@H](CO)[C@H](O)c2ccc([N+](=O)[O-])cc2)cc1. The largest absolute Gasteiger partial charge is 0.395 e. The van der Waals surface area contributed by atoms with Gasteiger partial charge in [0.25, 0.3) is 5.69 Å². The average Bonchev–Trinajstić information content (AvgIpc) is 2.85. The van der Waals surface area contributed by atoms with Crippen LogP contribution in [0.1, 0.15) is 22.8 Å². The molecule has 0 spiro atoms. The summed E-state index contributed by atoms with van der Waals surface area (Å²) in [6.45, 7) is 0.812. The lowest BCUT2D eigenvalue weighted by Crippen LogP contribution is -2.41. The van der Waals surface area contributed by atoms with Crippen LogP contribution in [0, 0.1) is 10.1 Å². The predicted octanol–water partition coefficient (Wildman–Crippen LogP) is 5.14. The Balaban J connectivity index is 1.88. The minimum atomic E-state index is -1.01. The maximum atomic E-state index is 11.1. The van der Waals surface area contributed by atoms with E-state index in [2.05, 4.69) is 48.5 Å². The third-order valence-corrected chi connectivity index (χ3v) is 7.04. The molecule has 0 aliphatic carbocycles. The van der Waals surface area contributed by atoms with Crippen molar-refractivity contribution in [1.82, 2.24) is 4.90 Å². The molecule has 0 saturated heterocycles. The van der Waals surface area contributed by atoms with E-state index in [-0.39, 0.29) is 12.3 Å². The Morgan fingerprint density at radius 1 is 0.848 bits per heavy atom. The molecule has 2 N–H and O–H groups in total. The number of benzene rings is 3. The summed E-state index contributed by atoms with van der Waals surface area (Å²) < 4.78 is 0. The second-order valence-corrected chi connectivity index (χ2v) is 9.40. The van der Waals surface area contributed by atoms with Crippen molar-refractivity contribution in [2.75, 3.05) is 19.1 Å². The smallest absolute Gasteiger partial charge is 0.269 e. The van der Waals surface area contributed by atoms with Gasteiger partial charge in [-0.1, -0.05) is 24.3 Å². The van der Waals surface area contributed by atoms with E-state index < -0.39 is 17.1 Å². The van der Waals surface area contributed by atoms with E-state index in [1.165, 1.54) is 21.9 Å². The molecule has 8 heteroatoms. The van der Waals surface area contributed by atoms with E-state index in [0.29, 0.717) is 18.7 Å². The maximum absolute atomic E-state index is 11.1. The van der Waals surface area contributed by atoms with Gasteiger partial charge in [-0.2, -0.15) is 0 Å². The highest BCUT2D eigenvalue weighted by Crippen LogP contribution is 2.27. The van der Waals surface area contributed by atoms with Gasteiger partial charge in [-0.15, -0.1) is 23.5 Å². The first-order valence-electron chi connectivity index (χ1n) is 10.5. The molecule has 3 rings (SSSR count). The Labute approximate surface area is 202 Å². The summed E-state index contributed by atoms with van der Waals surface area (Å²) in [5.74, 6) is 0. The molecule has 0 bridgehead atoms. The van der Waals surface area contributed by atoms with Crippen LogP contribution in [0.3, 0.4) is 0 Å². The van der Waals surface area contributed by atoms with Crippen LogP contribution in [-0.2, 0) is 13.1 Å². The van der Waals surface area contributed by atoms with Crippen LogP contribution in [0.15, 0.2) is 82.6 Å². The summed E-state index contributed by atoms with van der Waals surface area (Å²) in [6.07, 6.45) is 3.05. The second kappa shape index (κ2) is 12.2. The van der Waals surface area contributed by atoms with E-state index in [9.17, 15) is 20.3 Å². The molecule has 0 unspecified atom stereocenters. The molecule has 174 valence electrons. The lowest BCUT2D eigenvalue weighted by molar-refractivity contribution is -0.384. The molecule has 3 aromatic carbocycles. The molecule has 0 radical (unpaired) electrons. The first-order chi connectivity index (χ1) is 15.9. The number of non-ortho nitro benzene ring substituents is 1. The summed E-state index contributed by atoms with van der Waals surface area (Å²) in [7, 11) is 0. The summed E-state index contributed by atoms with van der Waals surface area (Å²) in [5, 5.41) is 32.4. The number of thioether (sulfide) groups is 2. The minimum Gasteiger partial charge on any atom is -0.395 e. The quantitative estimate of drug-likeness (QED) is 0.221. The number of nitro groups is 1. The van der Waals surface area contributed by atoms with E-state index in [1.54, 1.807) is 35.7 Å². The molecule has 6 nitrogen and oxygen atoms in total. The molecule has 0 fully saturated rings. The number of aliphatic hydroxyl groups is 2. The fraction of sp³-hybridized carbons (Fsp3) is 0.280. The molecule has 2 atom stereocenters. The number of rotatable bonds is 11. The standard InChI is InChI=1S/C25H28N2O4S2/c1-32-22-11-3-18(4-12-22)15-26(16-19-5-13-23(33-2)14-6-19)24(17-28)25(29)20-7-9-21(10-8-20)27(30)31/h3-14,24-25,28-29H,15-17H2,1-2H3/t24-,25-/m1/s1.